The molecule has 1 aromatic heterocycles. The minimum atomic E-state index is -0.243. The molecule has 0 bridgehead atoms. The van der Waals surface area contributed by atoms with Crippen LogP contribution in [0.15, 0.2) is 71.3 Å². The van der Waals surface area contributed by atoms with E-state index in [0.717, 1.165) is 17.5 Å². The summed E-state index contributed by atoms with van der Waals surface area (Å²) in [5.74, 6) is 0.336. The molecule has 26 heavy (non-hydrogen) atoms. The van der Waals surface area contributed by atoms with Gasteiger partial charge in [0.1, 0.15) is 0 Å². The summed E-state index contributed by atoms with van der Waals surface area (Å²) in [6, 6.07) is 21.3. The average molecular weight is 350 g/mol. The van der Waals surface area contributed by atoms with Gasteiger partial charge in [-0.2, -0.15) is 0 Å². The molecule has 5 nitrogen and oxygen atoms in total. The van der Waals surface area contributed by atoms with Crippen molar-refractivity contribution >= 4 is 5.91 Å². The Labute approximate surface area is 153 Å². The van der Waals surface area contributed by atoms with Gasteiger partial charge in [-0.3, -0.25) is 4.79 Å². The van der Waals surface area contributed by atoms with Gasteiger partial charge in [-0.05, 0) is 18.9 Å². The van der Waals surface area contributed by atoms with Gasteiger partial charge in [0, 0.05) is 24.8 Å². The van der Waals surface area contributed by atoms with E-state index in [1.165, 1.54) is 0 Å². The van der Waals surface area contributed by atoms with Crippen LogP contribution < -0.4 is 5.32 Å². The van der Waals surface area contributed by atoms with Crippen LogP contribution in [0.2, 0.25) is 0 Å². The summed E-state index contributed by atoms with van der Waals surface area (Å²) < 4.78 is 11.0. The predicted molar refractivity (Wildman–Crippen MR) is 99.7 cm³/mol. The minimum absolute atomic E-state index is 0.0378. The molecule has 0 fully saturated rings. The summed E-state index contributed by atoms with van der Waals surface area (Å²) in [4.78, 5) is 12.1. The van der Waals surface area contributed by atoms with Crippen molar-refractivity contribution in [2.24, 2.45) is 0 Å². The molecular formula is C21H22N2O3. The van der Waals surface area contributed by atoms with Crippen molar-refractivity contribution in [2.75, 3.05) is 13.2 Å². The van der Waals surface area contributed by atoms with Crippen LogP contribution in [0.3, 0.4) is 0 Å². The highest BCUT2D eigenvalue weighted by Gasteiger charge is 2.13. The number of rotatable bonds is 8. The number of nitrogens with one attached hydrogen (secondary N) is 1. The molecule has 1 heterocycles. The molecule has 134 valence electrons. The van der Waals surface area contributed by atoms with Crippen molar-refractivity contribution in [2.45, 2.75) is 19.4 Å². The molecule has 1 amide bonds. The lowest BCUT2D eigenvalue weighted by Crippen LogP contribution is -2.25. The smallest absolute Gasteiger partial charge is 0.273 e. The van der Waals surface area contributed by atoms with E-state index in [4.69, 9.17) is 9.26 Å². The topological polar surface area (TPSA) is 64.4 Å². The standard InChI is InChI=1S/C21H22N2O3/c1-16(17-9-4-2-5-10-17)25-14-8-13-22-21(24)19-15-20(26-23-19)18-11-6-3-7-12-18/h2-7,9-12,15-16H,8,13-14H2,1H3,(H,22,24). The van der Waals surface area contributed by atoms with E-state index in [-0.39, 0.29) is 17.7 Å². The monoisotopic (exact) mass is 350 g/mol. The van der Waals surface area contributed by atoms with Gasteiger partial charge in [0.05, 0.1) is 6.10 Å². The highest BCUT2D eigenvalue weighted by molar-refractivity contribution is 5.93. The van der Waals surface area contributed by atoms with Crippen LogP contribution in [0.1, 0.15) is 35.5 Å². The van der Waals surface area contributed by atoms with Crippen molar-refractivity contribution in [1.82, 2.24) is 10.5 Å². The van der Waals surface area contributed by atoms with Crippen molar-refractivity contribution in [3.63, 3.8) is 0 Å². The maximum atomic E-state index is 12.1. The zero-order chi connectivity index (χ0) is 18.2. The first kappa shape index (κ1) is 17.9. The number of benzene rings is 2. The van der Waals surface area contributed by atoms with E-state index in [0.29, 0.717) is 18.9 Å². The first-order chi connectivity index (χ1) is 12.7. The normalized spacial score (nSPS) is 11.9. The molecule has 0 saturated heterocycles. The second kappa shape index (κ2) is 8.97. The number of amides is 1. The number of aromatic nitrogens is 1. The van der Waals surface area contributed by atoms with E-state index < -0.39 is 0 Å². The molecule has 2 aromatic carbocycles. The van der Waals surface area contributed by atoms with Crippen molar-refractivity contribution < 1.29 is 14.1 Å². The predicted octanol–water partition coefficient (Wildman–Crippen LogP) is 4.24. The van der Waals surface area contributed by atoms with Crippen molar-refractivity contribution in [1.29, 1.82) is 0 Å². The summed E-state index contributed by atoms with van der Waals surface area (Å²) in [7, 11) is 0. The Bertz CT molecular complexity index is 816. The van der Waals surface area contributed by atoms with Gasteiger partial charge < -0.3 is 14.6 Å². The number of nitrogens with zero attached hydrogens (tertiary/aromatic N) is 1. The zero-order valence-electron chi connectivity index (χ0n) is 14.7. The Kier molecular flexibility index (Phi) is 6.17. The summed E-state index contributed by atoms with van der Waals surface area (Å²) in [6.45, 7) is 3.12. The molecule has 0 spiro atoms. The Morgan fingerprint density at radius 2 is 1.81 bits per heavy atom. The molecule has 0 aliphatic carbocycles. The largest absolute Gasteiger partial charge is 0.374 e. The van der Waals surface area contributed by atoms with Crippen LogP contribution >= 0.6 is 0 Å². The lowest BCUT2D eigenvalue weighted by Gasteiger charge is -2.13. The molecule has 3 rings (SSSR count). The van der Waals surface area contributed by atoms with Crippen LogP contribution in [0.5, 0.6) is 0 Å². The number of carbonyl (C=O) groups excluding carboxylic acids is 1. The first-order valence-electron chi connectivity index (χ1n) is 8.71. The van der Waals surface area contributed by atoms with E-state index in [2.05, 4.69) is 10.5 Å². The minimum Gasteiger partial charge on any atom is -0.374 e. The maximum Gasteiger partial charge on any atom is 0.273 e. The third-order valence-electron chi connectivity index (χ3n) is 4.04. The summed E-state index contributed by atoms with van der Waals surface area (Å²) in [6.07, 6.45) is 0.766. The third-order valence-corrected chi connectivity index (χ3v) is 4.04. The average Bonchev–Trinajstić information content (AvgIpc) is 3.19. The summed E-state index contributed by atoms with van der Waals surface area (Å²) in [5.41, 5.74) is 2.32. The molecular weight excluding hydrogens is 328 g/mol. The van der Waals surface area contributed by atoms with Gasteiger partial charge in [-0.25, -0.2) is 0 Å². The molecule has 0 aliphatic rings. The highest BCUT2D eigenvalue weighted by atomic mass is 16.5. The fourth-order valence-corrected chi connectivity index (χ4v) is 2.57. The molecule has 0 saturated carbocycles. The Hall–Kier alpha value is -2.92. The van der Waals surface area contributed by atoms with Crippen LogP contribution in [0.25, 0.3) is 11.3 Å². The van der Waals surface area contributed by atoms with E-state index in [1.54, 1.807) is 6.07 Å². The second-order valence-electron chi connectivity index (χ2n) is 5.98. The third kappa shape index (κ3) is 4.80. The van der Waals surface area contributed by atoms with Crippen molar-refractivity contribution in [3.8, 4) is 11.3 Å². The summed E-state index contributed by atoms with van der Waals surface area (Å²) >= 11 is 0. The van der Waals surface area contributed by atoms with Gasteiger partial charge >= 0.3 is 0 Å². The van der Waals surface area contributed by atoms with E-state index >= 15 is 0 Å². The van der Waals surface area contributed by atoms with Gasteiger partial charge in [0.25, 0.3) is 5.91 Å². The second-order valence-corrected chi connectivity index (χ2v) is 5.98. The number of carbonyl (C=O) groups is 1. The van der Waals surface area contributed by atoms with Gasteiger partial charge in [0.2, 0.25) is 0 Å². The fraction of sp³-hybridized carbons (Fsp3) is 0.238. The first-order valence-corrected chi connectivity index (χ1v) is 8.71. The van der Waals surface area contributed by atoms with Crippen molar-refractivity contribution in [3.05, 3.63) is 78.0 Å². The van der Waals surface area contributed by atoms with E-state index in [9.17, 15) is 4.79 Å². The quantitative estimate of drug-likeness (QED) is 0.617. The Balaban J connectivity index is 1.40. The van der Waals surface area contributed by atoms with Gasteiger partial charge in [-0.15, -0.1) is 0 Å². The lowest BCUT2D eigenvalue weighted by atomic mass is 10.1. The van der Waals surface area contributed by atoms with Crippen LogP contribution in [0.4, 0.5) is 0 Å². The number of hydrogen-bond donors (Lipinski definition) is 1. The lowest BCUT2D eigenvalue weighted by molar-refractivity contribution is 0.0634. The number of hydrogen-bond acceptors (Lipinski definition) is 4. The fourth-order valence-electron chi connectivity index (χ4n) is 2.57. The zero-order valence-corrected chi connectivity index (χ0v) is 14.7. The molecule has 5 heteroatoms. The SMILES string of the molecule is CC(OCCCNC(=O)c1cc(-c2ccccc2)on1)c1ccccc1. The molecule has 0 aliphatic heterocycles. The molecule has 1 atom stereocenters. The molecule has 3 aromatic rings. The maximum absolute atomic E-state index is 12.1. The van der Waals surface area contributed by atoms with Crippen LogP contribution in [0, 0.1) is 0 Å². The molecule has 0 radical (unpaired) electrons. The Morgan fingerprint density at radius 1 is 1.12 bits per heavy atom. The molecule has 1 unspecified atom stereocenters. The van der Waals surface area contributed by atoms with Crippen LogP contribution in [-0.4, -0.2) is 24.2 Å². The van der Waals surface area contributed by atoms with Crippen LogP contribution in [-0.2, 0) is 4.74 Å². The number of ether oxygens (including phenoxy) is 1. The van der Waals surface area contributed by atoms with Gasteiger partial charge in [0.15, 0.2) is 11.5 Å². The highest BCUT2D eigenvalue weighted by Crippen LogP contribution is 2.19. The van der Waals surface area contributed by atoms with Gasteiger partial charge in [-0.1, -0.05) is 65.8 Å². The summed E-state index contributed by atoms with van der Waals surface area (Å²) in [5, 5.41) is 6.68. The Morgan fingerprint density at radius 3 is 2.54 bits per heavy atom. The van der Waals surface area contributed by atoms with E-state index in [1.807, 2.05) is 67.6 Å². The molecule has 1 N–H and O–H groups in total.